The number of imidazole rings is 1. The molecule has 2 N–H and O–H groups in total. The summed E-state index contributed by atoms with van der Waals surface area (Å²) in [7, 11) is -2.16. The number of hydrogen-bond acceptors (Lipinski definition) is 6. The Morgan fingerprint density at radius 1 is 1.41 bits per heavy atom. The van der Waals surface area contributed by atoms with Crippen LogP contribution < -0.4 is 5.56 Å². The van der Waals surface area contributed by atoms with Gasteiger partial charge in [0.1, 0.15) is 18.0 Å². The molecule has 0 amide bonds. The fraction of sp³-hybridized carbons (Fsp3) is 0.722. The number of H-pyrrole nitrogens is 1. The summed E-state index contributed by atoms with van der Waals surface area (Å²) in [6, 6.07) is 0. The molecule has 9 heteroatoms. The fourth-order valence-electron chi connectivity index (χ4n) is 3.15. The monoisotopic (exact) mass is 394 g/mol. The predicted molar refractivity (Wildman–Crippen MR) is 105 cm³/mol. The molecule has 4 atom stereocenters. The number of nitrogens with one attached hydrogen (secondary N) is 1. The van der Waals surface area contributed by atoms with Crippen molar-refractivity contribution in [3.8, 4) is 0 Å². The Morgan fingerprint density at radius 3 is 2.67 bits per heavy atom. The van der Waals surface area contributed by atoms with Crippen LogP contribution in [-0.4, -0.2) is 51.3 Å². The highest BCUT2D eigenvalue weighted by atomic mass is 28.4. The Morgan fingerprint density at radius 2 is 2.07 bits per heavy atom. The van der Waals surface area contributed by atoms with Gasteiger partial charge in [-0.05, 0) is 31.5 Å². The molecule has 0 spiro atoms. The average molecular weight is 395 g/mol. The molecule has 0 aromatic carbocycles. The highest BCUT2D eigenvalue weighted by Crippen LogP contribution is 2.42. The number of nitrogens with zero attached hydrogens (tertiary/aromatic N) is 3. The molecule has 0 aliphatic carbocycles. The largest absolute Gasteiger partial charge is 0.407 e. The second-order valence-electron chi connectivity index (χ2n) is 8.78. The molecule has 1 aliphatic heterocycles. The minimum atomic E-state index is -2.16. The number of rotatable bonds is 4. The van der Waals surface area contributed by atoms with Crippen molar-refractivity contribution in [2.75, 3.05) is 0 Å². The Labute approximate surface area is 160 Å². The number of ether oxygens (including phenoxy) is 1. The highest BCUT2D eigenvalue weighted by Gasteiger charge is 2.50. The van der Waals surface area contributed by atoms with E-state index in [2.05, 4.69) is 48.8 Å². The van der Waals surface area contributed by atoms with Crippen molar-refractivity contribution in [3.63, 3.8) is 0 Å². The van der Waals surface area contributed by atoms with Gasteiger partial charge >= 0.3 is 0 Å². The first kappa shape index (κ1) is 20.2. The van der Waals surface area contributed by atoms with Gasteiger partial charge < -0.3 is 19.3 Å². The van der Waals surface area contributed by atoms with Crippen molar-refractivity contribution in [2.45, 2.75) is 83.7 Å². The lowest BCUT2D eigenvalue weighted by atomic mass is 10.1. The SMILES string of the molecule is CC[C@H]1O[C@@H](n2cnc3c(=O)[nH]c(C)nc32)C(O[Si](C)(C)C(C)(C)C)[C@H]1O. The third kappa shape index (κ3) is 3.49. The summed E-state index contributed by atoms with van der Waals surface area (Å²) in [5.74, 6) is 0.502. The second kappa shape index (κ2) is 6.80. The molecule has 8 nitrogen and oxygen atoms in total. The fourth-order valence-corrected chi connectivity index (χ4v) is 4.44. The lowest BCUT2D eigenvalue weighted by Crippen LogP contribution is -2.48. The van der Waals surface area contributed by atoms with Gasteiger partial charge in [-0.25, -0.2) is 9.97 Å². The molecule has 3 rings (SSSR count). The van der Waals surface area contributed by atoms with Crippen LogP contribution in [0.4, 0.5) is 0 Å². The first-order chi connectivity index (χ1) is 12.5. The van der Waals surface area contributed by atoms with Crippen LogP contribution in [0.5, 0.6) is 0 Å². The zero-order valence-corrected chi connectivity index (χ0v) is 18.1. The second-order valence-corrected chi connectivity index (χ2v) is 13.5. The van der Waals surface area contributed by atoms with E-state index in [1.54, 1.807) is 17.8 Å². The van der Waals surface area contributed by atoms with E-state index < -0.39 is 26.8 Å². The van der Waals surface area contributed by atoms with E-state index in [4.69, 9.17) is 9.16 Å². The van der Waals surface area contributed by atoms with Gasteiger partial charge in [0.05, 0.1) is 12.4 Å². The van der Waals surface area contributed by atoms with E-state index >= 15 is 0 Å². The molecule has 27 heavy (non-hydrogen) atoms. The summed E-state index contributed by atoms with van der Waals surface area (Å²) >= 11 is 0. The zero-order chi connectivity index (χ0) is 20.1. The lowest BCUT2D eigenvalue weighted by molar-refractivity contribution is -0.0325. The number of aromatic amines is 1. The van der Waals surface area contributed by atoms with Gasteiger partial charge in [0.15, 0.2) is 25.7 Å². The van der Waals surface area contributed by atoms with Crippen molar-refractivity contribution in [1.82, 2.24) is 19.5 Å². The predicted octanol–water partition coefficient (Wildman–Crippen LogP) is 2.49. The van der Waals surface area contributed by atoms with Crippen molar-refractivity contribution in [3.05, 3.63) is 22.5 Å². The van der Waals surface area contributed by atoms with E-state index in [1.165, 1.54) is 0 Å². The molecule has 0 bridgehead atoms. The average Bonchev–Trinajstić information content (AvgIpc) is 3.08. The van der Waals surface area contributed by atoms with Crippen molar-refractivity contribution < 1.29 is 14.3 Å². The molecule has 2 aromatic rings. The molecular formula is C18H30N4O4Si. The number of aryl methyl sites for hydroxylation is 1. The van der Waals surface area contributed by atoms with Crippen LogP contribution >= 0.6 is 0 Å². The van der Waals surface area contributed by atoms with Crippen molar-refractivity contribution in [1.29, 1.82) is 0 Å². The van der Waals surface area contributed by atoms with Gasteiger partial charge in [-0.15, -0.1) is 0 Å². The smallest absolute Gasteiger partial charge is 0.279 e. The maximum Gasteiger partial charge on any atom is 0.279 e. The molecule has 0 radical (unpaired) electrons. The van der Waals surface area contributed by atoms with Crippen LogP contribution in [-0.2, 0) is 9.16 Å². The van der Waals surface area contributed by atoms with Crippen LogP contribution in [0.25, 0.3) is 11.2 Å². The van der Waals surface area contributed by atoms with Gasteiger partial charge in [-0.2, -0.15) is 0 Å². The topological polar surface area (TPSA) is 102 Å². The number of aliphatic hydroxyl groups excluding tert-OH is 1. The van der Waals surface area contributed by atoms with Gasteiger partial charge in [0.2, 0.25) is 0 Å². The Bertz CT molecular complexity index is 886. The number of aliphatic hydroxyl groups is 1. The minimum Gasteiger partial charge on any atom is -0.407 e. The van der Waals surface area contributed by atoms with Crippen LogP contribution in [0.3, 0.4) is 0 Å². The van der Waals surface area contributed by atoms with E-state index in [-0.39, 0.29) is 22.2 Å². The summed E-state index contributed by atoms with van der Waals surface area (Å²) < 4.78 is 14.4. The van der Waals surface area contributed by atoms with E-state index in [0.717, 1.165) is 0 Å². The first-order valence-electron chi connectivity index (χ1n) is 9.41. The Balaban J connectivity index is 2.06. The van der Waals surface area contributed by atoms with Crippen LogP contribution in [0.2, 0.25) is 18.1 Å². The molecule has 3 heterocycles. The molecule has 0 saturated carbocycles. The maximum absolute atomic E-state index is 12.2. The van der Waals surface area contributed by atoms with E-state index in [0.29, 0.717) is 17.9 Å². The van der Waals surface area contributed by atoms with E-state index in [1.807, 2.05) is 6.92 Å². The summed E-state index contributed by atoms with van der Waals surface area (Å²) in [4.78, 5) is 23.5. The summed E-state index contributed by atoms with van der Waals surface area (Å²) in [5.41, 5.74) is 0.405. The Hall–Kier alpha value is -1.55. The third-order valence-electron chi connectivity index (χ3n) is 5.78. The van der Waals surface area contributed by atoms with Gasteiger partial charge in [-0.3, -0.25) is 9.36 Å². The van der Waals surface area contributed by atoms with Crippen LogP contribution in [0, 0.1) is 6.92 Å². The molecule has 150 valence electrons. The summed E-state index contributed by atoms with van der Waals surface area (Å²) in [6.45, 7) is 14.5. The molecule has 1 aliphatic rings. The molecular weight excluding hydrogens is 364 g/mol. The normalized spacial score (nSPS) is 26.8. The van der Waals surface area contributed by atoms with Gasteiger partial charge in [-0.1, -0.05) is 27.7 Å². The quantitative estimate of drug-likeness (QED) is 0.773. The summed E-state index contributed by atoms with van der Waals surface area (Å²) in [6.07, 6.45) is -0.0224. The number of fused-ring (bicyclic) bond motifs is 1. The highest BCUT2D eigenvalue weighted by molar-refractivity contribution is 6.74. The standard InChI is InChI=1S/C18H30N4O4Si/c1-8-11-13(23)14(26-27(6,7)18(3,4)5)17(25-11)22-9-19-12-15(22)20-10(2)21-16(12)24/h9,11,13-14,17,23H,8H2,1-7H3,(H,20,21,24)/t11-,13+,14?,17-/m1/s1. The van der Waals surface area contributed by atoms with Crippen LogP contribution in [0.1, 0.15) is 46.2 Å². The minimum absolute atomic E-state index is 0.00936. The lowest BCUT2D eigenvalue weighted by Gasteiger charge is -2.40. The maximum atomic E-state index is 12.2. The first-order valence-corrected chi connectivity index (χ1v) is 12.3. The third-order valence-corrected chi connectivity index (χ3v) is 10.3. The van der Waals surface area contributed by atoms with Gasteiger partial charge in [0.25, 0.3) is 5.56 Å². The molecule has 1 saturated heterocycles. The van der Waals surface area contributed by atoms with Crippen LogP contribution in [0.15, 0.2) is 11.1 Å². The summed E-state index contributed by atoms with van der Waals surface area (Å²) in [5, 5.41) is 10.9. The van der Waals surface area contributed by atoms with Crippen molar-refractivity contribution in [2.24, 2.45) is 0 Å². The van der Waals surface area contributed by atoms with Gasteiger partial charge in [0, 0.05) is 0 Å². The number of aromatic nitrogens is 4. The molecule has 1 fully saturated rings. The molecule has 1 unspecified atom stereocenters. The number of hydrogen-bond donors (Lipinski definition) is 2. The Kier molecular flexibility index (Phi) is 5.09. The van der Waals surface area contributed by atoms with E-state index in [9.17, 15) is 9.90 Å². The zero-order valence-electron chi connectivity index (χ0n) is 17.1. The van der Waals surface area contributed by atoms with Crippen molar-refractivity contribution >= 4 is 19.5 Å². The molecule has 2 aromatic heterocycles.